The highest BCUT2D eigenvalue weighted by atomic mass is 79.9. The van der Waals surface area contributed by atoms with Gasteiger partial charge >= 0.3 is 0 Å². The average molecular weight is 355 g/mol. The van der Waals surface area contributed by atoms with Crippen molar-refractivity contribution in [2.75, 3.05) is 32.7 Å². The van der Waals surface area contributed by atoms with E-state index >= 15 is 0 Å². The highest BCUT2D eigenvalue weighted by Crippen LogP contribution is 2.10. The first-order valence-corrected chi connectivity index (χ1v) is 8.94. The Morgan fingerprint density at radius 1 is 1.00 bits per heavy atom. The Morgan fingerprint density at radius 3 is 2.10 bits per heavy atom. The molecule has 4 heteroatoms. The van der Waals surface area contributed by atoms with E-state index in [1.165, 1.54) is 5.56 Å². The summed E-state index contributed by atoms with van der Waals surface area (Å²) in [7, 11) is 0. The molecule has 1 aromatic carbocycles. The Balaban J connectivity index is 2.55. The van der Waals surface area contributed by atoms with Crippen LogP contribution in [0.4, 0.5) is 0 Å². The van der Waals surface area contributed by atoms with Gasteiger partial charge in [0.1, 0.15) is 0 Å². The normalized spacial score (nSPS) is 10.9. The van der Waals surface area contributed by atoms with Gasteiger partial charge in [-0.05, 0) is 50.7 Å². The van der Waals surface area contributed by atoms with E-state index in [1.807, 2.05) is 36.1 Å². The maximum Gasteiger partial charge on any atom is 0.253 e. The van der Waals surface area contributed by atoms with Crippen molar-refractivity contribution in [3.8, 4) is 0 Å². The van der Waals surface area contributed by atoms with Gasteiger partial charge < -0.3 is 9.80 Å². The third kappa shape index (κ3) is 5.79. The molecule has 0 bridgehead atoms. The molecule has 118 valence electrons. The molecule has 21 heavy (non-hydrogen) atoms. The van der Waals surface area contributed by atoms with E-state index in [0.29, 0.717) is 0 Å². The number of hydrogen-bond donors (Lipinski definition) is 0. The van der Waals surface area contributed by atoms with E-state index in [4.69, 9.17) is 0 Å². The van der Waals surface area contributed by atoms with Crippen LogP contribution < -0.4 is 0 Å². The number of carbonyl (C=O) groups excluding carboxylic acids is 1. The van der Waals surface area contributed by atoms with Gasteiger partial charge in [-0.2, -0.15) is 0 Å². The highest BCUT2D eigenvalue weighted by Gasteiger charge is 2.14. The van der Waals surface area contributed by atoms with Gasteiger partial charge in [0.2, 0.25) is 0 Å². The molecule has 0 atom stereocenters. The Hall–Kier alpha value is -0.870. The molecule has 0 aliphatic carbocycles. The van der Waals surface area contributed by atoms with Crippen LogP contribution in [0.5, 0.6) is 0 Å². The average Bonchev–Trinajstić information content (AvgIpc) is 2.55. The summed E-state index contributed by atoms with van der Waals surface area (Å²) in [6.45, 7) is 11.2. The van der Waals surface area contributed by atoms with E-state index in [1.54, 1.807) is 0 Å². The van der Waals surface area contributed by atoms with E-state index in [-0.39, 0.29) is 5.91 Å². The van der Waals surface area contributed by atoms with Crippen LogP contribution in [0.1, 0.15) is 43.1 Å². The predicted octanol–water partition coefficient (Wildman–Crippen LogP) is 3.78. The molecule has 1 amide bonds. The summed E-state index contributed by atoms with van der Waals surface area (Å²) in [5, 5.41) is 0.822. The third-order valence-electron chi connectivity index (χ3n) is 3.82. The molecule has 3 nitrogen and oxygen atoms in total. The number of benzene rings is 1. The van der Waals surface area contributed by atoms with Crippen LogP contribution in [0.25, 0.3) is 0 Å². The number of hydrogen-bond acceptors (Lipinski definition) is 2. The highest BCUT2D eigenvalue weighted by molar-refractivity contribution is 9.08. The Labute approximate surface area is 137 Å². The van der Waals surface area contributed by atoms with Crippen molar-refractivity contribution >= 4 is 21.8 Å². The summed E-state index contributed by atoms with van der Waals surface area (Å²) >= 11 is 3.42. The van der Waals surface area contributed by atoms with Crippen molar-refractivity contribution in [1.29, 1.82) is 0 Å². The molecule has 1 aromatic rings. The Bertz CT molecular complexity index is 415. The van der Waals surface area contributed by atoms with E-state index < -0.39 is 0 Å². The first kappa shape index (κ1) is 18.2. The predicted molar refractivity (Wildman–Crippen MR) is 93.1 cm³/mol. The summed E-state index contributed by atoms with van der Waals surface area (Å²) in [6, 6.07) is 7.86. The monoisotopic (exact) mass is 354 g/mol. The molecular formula is C17H27BrN2O. The van der Waals surface area contributed by atoms with E-state index in [0.717, 1.165) is 50.0 Å². The van der Waals surface area contributed by atoms with Crippen molar-refractivity contribution < 1.29 is 4.79 Å². The lowest BCUT2D eigenvalue weighted by Gasteiger charge is -2.23. The molecular weight excluding hydrogens is 328 g/mol. The smallest absolute Gasteiger partial charge is 0.253 e. The van der Waals surface area contributed by atoms with Crippen molar-refractivity contribution in [3.63, 3.8) is 0 Å². The second-order valence-electron chi connectivity index (χ2n) is 5.10. The van der Waals surface area contributed by atoms with Crippen LogP contribution in [-0.2, 0) is 5.33 Å². The van der Waals surface area contributed by atoms with Gasteiger partial charge in [0.25, 0.3) is 5.91 Å². The number of amides is 1. The van der Waals surface area contributed by atoms with Crippen LogP contribution in [0, 0.1) is 0 Å². The quantitative estimate of drug-likeness (QED) is 0.630. The lowest BCUT2D eigenvalue weighted by Crippen LogP contribution is -2.34. The molecule has 0 saturated heterocycles. The fourth-order valence-electron chi connectivity index (χ4n) is 2.35. The molecule has 0 spiro atoms. The van der Waals surface area contributed by atoms with Crippen LogP contribution in [0.2, 0.25) is 0 Å². The van der Waals surface area contributed by atoms with Crippen molar-refractivity contribution in [1.82, 2.24) is 9.80 Å². The summed E-state index contributed by atoms with van der Waals surface area (Å²) in [6.07, 6.45) is 1.03. The van der Waals surface area contributed by atoms with E-state index in [2.05, 4.69) is 34.7 Å². The zero-order valence-corrected chi connectivity index (χ0v) is 15.0. The SMILES string of the molecule is CCN(CC)CCCN(CC)C(=O)c1ccc(CBr)cc1. The summed E-state index contributed by atoms with van der Waals surface area (Å²) < 4.78 is 0. The fraction of sp³-hybridized carbons (Fsp3) is 0.588. The molecule has 0 unspecified atom stereocenters. The minimum Gasteiger partial charge on any atom is -0.339 e. The third-order valence-corrected chi connectivity index (χ3v) is 4.47. The van der Waals surface area contributed by atoms with Crippen LogP contribution in [0.15, 0.2) is 24.3 Å². The fourth-order valence-corrected chi connectivity index (χ4v) is 2.72. The first-order valence-electron chi connectivity index (χ1n) is 7.82. The number of alkyl halides is 1. The van der Waals surface area contributed by atoms with Crippen molar-refractivity contribution in [2.45, 2.75) is 32.5 Å². The first-order chi connectivity index (χ1) is 10.2. The lowest BCUT2D eigenvalue weighted by molar-refractivity contribution is 0.0757. The second kappa shape index (κ2) is 9.96. The van der Waals surface area contributed by atoms with Crippen LogP contribution in [0.3, 0.4) is 0 Å². The molecule has 0 heterocycles. The van der Waals surface area contributed by atoms with Crippen LogP contribution >= 0.6 is 15.9 Å². The molecule has 0 aliphatic heterocycles. The number of halogens is 1. The zero-order chi connectivity index (χ0) is 15.7. The molecule has 0 N–H and O–H groups in total. The van der Waals surface area contributed by atoms with Crippen molar-refractivity contribution in [2.24, 2.45) is 0 Å². The lowest BCUT2D eigenvalue weighted by atomic mass is 10.1. The van der Waals surface area contributed by atoms with Gasteiger partial charge in [-0.15, -0.1) is 0 Å². The van der Waals surface area contributed by atoms with Crippen molar-refractivity contribution in [3.05, 3.63) is 35.4 Å². The van der Waals surface area contributed by atoms with Gasteiger partial charge in [-0.25, -0.2) is 0 Å². The summed E-state index contributed by atoms with van der Waals surface area (Å²) in [5.41, 5.74) is 1.97. The topological polar surface area (TPSA) is 23.6 Å². The molecule has 0 fully saturated rings. The number of nitrogens with zero attached hydrogens (tertiary/aromatic N) is 2. The molecule has 0 aliphatic rings. The number of carbonyl (C=O) groups is 1. The Kier molecular flexibility index (Phi) is 8.62. The van der Waals surface area contributed by atoms with Gasteiger partial charge in [0.05, 0.1) is 0 Å². The second-order valence-corrected chi connectivity index (χ2v) is 5.66. The molecule has 0 radical (unpaired) electrons. The standard InChI is InChI=1S/C17H27BrN2O/c1-4-19(5-2)12-7-13-20(6-3)17(21)16-10-8-15(14-18)9-11-16/h8-11H,4-7,12-14H2,1-3H3. The van der Waals surface area contributed by atoms with Crippen LogP contribution in [-0.4, -0.2) is 48.4 Å². The molecule has 0 aromatic heterocycles. The molecule has 0 saturated carbocycles. The summed E-state index contributed by atoms with van der Waals surface area (Å²) in [5.74, 6) is 0.137. The van der Waals surface area contributed by atoms with Gasteiger partial charge in [0.15, 0.2) is 0 Å². The largest absolute Gasteiger partial charge is 0.339 e. The summed E-state index contributed by atoms with van der Waals surface area (Å²) in [4.78, 5) is 16.8. The van der Waals surface area contributed by atoms with Gasteiger partial charge in [0, 0.05) is 24.0 Å². The minimum atomic E-state index is 0.137. The maximum atomic E-state index is 12.5. The van der Waals surface area contributed by atoms with E-state index in [9.17, 15) is 4.79 Å². The maximum absolute atomic E-state index is 12.5. The number of rotatable bonds is 9. The van der Waals surface area contributed by atoms with Gasteiger partial charge in [-0.3, -0.25) is 4.79 Å². The molecule has 1 rings (SSSR count). The van der Waals surface area contributed by atoms with Gasteiger partial charge in [-0.1, -0.05) is 41.9 Å². The Morgan fingerprint density at radius 2 is 1.62 bits per heavy atom. The zero-order valence-electron chi connectivity index (χ0n) is 13.4. The minimum absolute atomic E-state index is 0.137.